The second-order valence-corrected chi connectivity index (χ2v) is 4.37. The van der Waals surface area contributed by atoms with E-state index < -0.39 is 0 Å². The van der Waals surface area contributed by atoms with Gasteiger partial charge in [-0.05, 0) is 44.1 Å². The molecule has 0 amide bonds. The van der Waals surface area contributed by atoms with Crippen LogP contribution >= 0.6 is 0 Å². The van der Waals surface area contributed by atoms with Crippen molar-refractivity contribution in [2.45, 2.75) is 20.3 Å². The molecule has 86 valence electrons. The predicted octanol–water partition coefficient (Wildman–Crippen LogP) is 2.37. The molecule has 0 spiro atoms. The molecule has 0 unspecified atom stereocenters. The monoisotopic (exact) mass is 217 g/mol. The van der Waals surface area contributed by atoms with Gasteiger partial charge in [-0.25, -0.2) is 4.98 Å². The molecule has 2 aromatic heterocycles. The quantitative estimate of drug-likeness (QED) is 0.852. The molecule has 0 aliphatic heterocycles. The second-order valence-electron chi connectivity index (χ2n) is 4.37. The molecular weight excluding hydrogens is 198 g/mol. The van der Waals surface area contributed by atoms with Gasteiger partial charge in [-0.3, -0.25) is 0 Å². The van der Waals surface area contributed by atoms with Crippen molar-refractivity contribution in [3.63, 3.8) is 0 Å². The summed E-state index contributed by atoms with van der Waals surface area (Å²) in [6.07, 6.45) is 5.07. The highest BCUT2D eigenvalue weighted by Gasteiger charge is 2.05. The average Bonchev–Trinajstić information content (AvgIpc) is 2.68. The summed E-state index contributed by atoms with van der Waals surface area (Å²) in [4.78, 5) is 9.93. The highest BCUT2D eigenvalue weighted by atomic mass is 15.1. The maximum atomic E-state index is 4.38. The van der Waals surface area contributed by atoms with Gasteiger partial charge < -0.3 is 9.88 Å². The summed E-state index contributed by atoms with van der Waals surface area (Å²) in [5.74, 6) is 0. The summed E-state index contributed by atoms with van der Waals surface area (Å²) in [5, 5.41) is 1.27. The lowest BCUT2D eigenvalue weighted by Crippen LogP contribution is -2.20. The Balaban J connectivity index is 2.21. The van der Waals surface area contributed by atoms with E-state index in [0.717, 1.165) is 25.2 Å². The molecule has 1 N–H and O–H groups in total. The van der Waals surface area contributed by atoms with Crippen LogP contribution < -0.4 is 0 Å². The fourth-order valence-corrected chi connectivity index (χ4v) is 1.84. The molecule has 2 aromatic rings. The van der Waals surface area contributed by atoms with E-state index in [4.69, 9.17) is 0 Å². The largest absolute Gasteiger partial charge is 0.346 e. The van der Waals surface area contributed by atoms with Crippen LogP contribution in [0.1, 0.15) is 18.1 Å². The van der Waals surface area contributed by atoms with Crippen molar-refractivity contribution >= 4 is 11.0 Å². The zero-order valence-electron chi connectivity index (χ0n) is 10.2. The Labute approximate surface area is 96.5 Å². The van der Waals surface area contributed by atoms with Gasteiger partial charge in [0, 0.05) is 24.3 Å². The van der Waals surface area contributed by atoms with E-state index in [-0.39, 0.29) is 0 Å². The zero-order chi connectivity index (χ0) is 11.5. The van der Waals surface area contributed by atoms with Crippen LogP contribution in [0, 0.1) is 6.92 Å². The standard InChI is InChI=1S/C13H19N3/c1-4-16(3)6-5-11-9-15-13-12(11)7-10(2)8-14-13/h7-9H,4-6H2,1-3H3,(H,14,15). The highest BCUT2D eigenvalue weighted by Crippen LogP contribution is 2.17. The number of likely N-dealkylation sites (N-methyl/N-ethyl adjacent to an activating group) is 1. The summed E-state index contributed by atoms with van der Waals surface area (Å²) in [7, 11) is 2.15. The number of nitrogens with zero attached hydrogens (tertiary/aromatic N) is 2. The highest BCUT2D eigenvalue weighted by molar-refractivity contribution is 5.80. The van der Waals surface area contributed by atoms with Crippen LogP contribution in [0.2, 0.25) is 0 Å². The Morgan fingerprint density at radius 3 is 3.00 bits per heavy atom. The molecule has 0 fully saturated rings. The van der Waals surface area contributed by atoms with Gasteiger partial charge in [0.25, 0.3) is 0 Å². The number of hydrogen-bond acceptors (Lipinski definition) is 2. The number of aryl methyl sites for hydroxylation is 1. The first-order valence-corrected chi connectivity index (χ1v) is 5.82. The number of rotatable bonds is 4. The first-order valence-electron chi connectivity index (χ1n) is 5.82. The van der Waals surface area contributed by atoms with Crippen molar-refractivity contribution in [3.8, 4) is 0 Å². The van der Waals surface area contributed by atoms with Gasteiger partial charge in [-0.15, -0.1) is 0 Å². The van der Waals surface area contributed by atoms with Crippen molar-refractivity contribution < 1.29 is 0 Å². The third-order valence-electron chi connectivity index (χ3n) is 3.06. The molecule has 2 rings (SSSR count). The molecule has 0 aliphatic rings. The zero-order valence-corrected chi connectivity index (χ0v) is 10.2. The summed E-state index contributed by atoms with van der Waals surface area (Å²) in [6.45, 7) is 6.46. The number of pyridine rings is 1. The van der Waals surface area contributed by atoms with Crippen LogP contribution in [0.4, 0.5) is 0 Å². The van der Waals surface area contributed by atoms with Gasteiger partial charge in [0.1, 0.15) is 5.65 Å². The van der Waals surface area contributed by atoms with Gasteiger partial charge in [-0.1, -0.05) is 6.92 Å². The number of aromatic amines is 1. The lowest BCUT2D eigenvalue weighted by Gasteiger charge is -2.12. The van der Waals surface area contributed by atoms with Crippen molar-refractivity contribution in [1.29, 1.82) is 0 Å². The van der Waals surface area contributed by atoms with Crippen LogP contribution in [0.5, 0.6) is 0 Å². The van der Waals surface area contributed by atoms with Crippen LogP contribution in [0.15, 0.2) is 18.5 Å². The Morgan fingerprint density at radius 2 is 2.25 bits per heavy atom. The minimum atomic E-state index is 1.000. The van der Waals surface area contributed by atoms with Crippen LogP contribution in [0.25, 0.3) is 11.0 Å². The first-order chi connectivity index (χ1) is 7.70. The Bertz CT molecular complexity index is 473. The molecule has 0 radical (unpaired) electrons. The number of fused-ring (bicyclic) bond motifs is 1. The SMILES string of the molecule is CCN(C)CCc1c[nH]c2ncc(C)cc12. The minimum Gasteiger partial charge on any atom is -0.346 e. The first kappa shape index (κ1) is 11.1. The number of hydrogen-bond donors (Lipinski definition) is 1. The van der Waals surface area contributed by atoms with Crippen LogP contribution in [-0.2, 0) is 6.42 Å². The van der Waals surface area contributed by atoms with E-state index in [1.54, 1.807) is 0 Å². The number of H-pyrrole nitrogens is 1. The predicted molar refractivity (Wildman–Crippen MR) is 67.7 cm³/mol. The van der Waals surface area contributed by atoms with E-state index in [0.29, 0.717) is 0 Å². The van der Waals surface area contributed by atoms with Crippen molar-refractivity contribution in [2.24, 2.45) is 0 Å². The Morgan fingerprint density at radius 1 is 1.44 bits per heavy atom. The van der Waals surface area contributed by atoms with Crippen molar-refractivity contribution in [3.05, 3.63) is 29.6 Å². The lowest BCUT2D eigenvalue weighted by molar-refractivity contribution is 0.358. The smallest absolute Gasteiger partial charge is 0.137 e. The summed E-state index contributed by atoms with van der Waals surface area (Å²) in [6, 6.07) is 2.21. The van der Waals surface area contributed by atoms with Gasteiger partial charge in [0.2, 0.25) is 0 Å². The van der Waals surface area contributed by atoms with E-state index in [9.17, 15) is 0 Å². The molecule has 0 aliphatic carbocycles. The maximum Gasteiger partial charge on any atom is 0.137 e. The van der Waals surface area contributed by atoms with Gasteiger partial charge in [-0.2, -0.15) is 0 Å². The summed E-state index contributed by atoms with van der Waals surface area (Å²) < 4.78 is 0. The van der Waals surface area contributed by atoms with E-state index in [1.807, 2.05) is 6.20 Å². The lowest BCUT2D eigenvalue weighted by atomic mass is 10.1. The van der Waals surface area contributed by atoms with Crippen molar-refractivity contribution in [1.82, 2.24) is 14.9 Å². The number of nitrogens with one attached hydrogen (secondary N) is 1. The fourth-order valence-electron chi connectivity index (χ4n) is 1.84. The molecule has 3 nitrogen and oxygen atoms in total. The molecule has 3 heteroatoms. The van der Waals surface area contributed by atoms with Gasteiger partial charge >= 0.3 is 0 Å². The Hall–Kier alpha value is -1.35. The van der Waals surface area contributed by atoms with E-state index in [1.165, 1.54) is 16.5 Å². The topological polar surface area (TPSA) is 31.9 Å². The third-order valence-corrected chi connectivity index (χ3v) is 3.06. The molecule has 0 aromatic carbocycles. The normalized spacial score (nSPS) is 11.5. The van der Waals surface area contributed by atoms with Crippen LogP contribution in [0.3, 0.4) is 0 Å². The summed E-state index contributed by atoms with van der Waals surface area (Å²) >= 11 is 0. The minimum absolute atomic E-state index is 1.000. The average molecular weight is 217 g/mol. The third kappa shape index (κ3) is 2.25. The van der Waals surface area contributed by atoms with E-state index >= 15 is 0 Å². The Kier molecular flexibility index (Phi) is 3.25. The molecular formula is C13H19N3. The number of aromatic nitrogens is 2. The molecule has 0 atom stereocenters. The molecule has 0 saturated carbocycles. The summed E-state index contributed by atoms with van der Waals surface area (Å²) in [5.41, 5.74) is 3.59. The molecule has 0 saturated heterocycles. The maximum absolute atomic E-state index is 4.38. The van der Waals surface area contributed by atoms with E-state index in [2.05, 4.69) is 48.0 Å². The van der Waals surface area contributed by atoms with Gasteiger partial charge in [0.15, 0.2) is 0 Å². The molecule has 16 heavy (non-hydrogen) atoms. The van der Waals surface area contributed by atoms with Crippen LogP contribution in [-0.4, -0.2) is 35.0 Å². The fraction of sp³-hybridized carbons (Fsp3) is 0.462. The molecule has 0 bridgehead atoms. The second kappa shape index (κ2) is 4.66. The van der Waals surface area contributed by atoms with Crippen molar-refractivity contribution in [2.75, 3.05) is 20.1 Å². The van der Waals surface area contributed by atoms with Gasteiger partial charge in [0.05, 0.1) is 0 Å². The molecule has 2 heterocycles.